The van der Waals surface area contributed by atoms with Crippen molar-refractivity contribution in [1.29, 1.82) is 0 Å². The molecule has 0 aromatic heterocycles. The lowest BCUT2D eigenvalue weighted by Gasteiger charge is -2.26. The monoisotopic (exact) mass is 302 g/mol. The number of likely N-dealkylation sites (N-methyl/N-ethyl adjacent to an activating group) is 2. The van der Waals surface area contributed by atoms with Gasteiger partial charge in [-0.25, -0.2) is 0 Å². The number of benzene rings is 1. The lowest BCUT2D eigenvalue weighted by atomic mass is 9.86. The van der Waals surface area contributed by atoms with Gasteiger partial charge in [0.2, 0.25) is 0 Å². The molecule has 120 valence electrons. The maximum atomic E-state index is 12.4. The first-order valence-electron chi connectivity index (χ1n) is 7.06. The highest BCUT2D eigenvalue weighted by atomic mass is 19.4. The third kappa shape index (κ3) is 6.06. The fourth-order valence-corrected chi connectivity index (χ4v) is 2.26. The molecule has 1 atom stereocenters. The van der Waals surface area contributed by atoms with Gasteiger partial charge in [-0.3, -0.25) is 4.90 Å². The number of rotatable bonds is 5. The predicted octanol–water partition coefficient (Wildman–Crippen LogP) is 3.74. The first kappa shape index (κ1) is 18.0. The van der Waals surface area contributed by atoms with E-state index in [2.05, 4.69) is 26.1 Å². The lowest BCUT2D eigenvalue weighted by molar-refractivity contribution is -0.143. The van der Waals surface area contributed by atoms with Gasteiger partial charge in [-0.2, -0.15) is 13.2 Å². The van der Waals surface area contributed by atoms with Gasteiger partial charge < -0.3 is 5.32 Å². The van der Waals surface area contributed by atoms with Crippen molar-refractivity contribution in [2.24, 2.45) is 0 Å². The molecule has 1 N–H and O–H groups in total. The van der Waals surface area contributed by atoms with E-state index in [1.165, 1.54) is 17.5 Å². The molecule has 0 aliphatic heterocycles. The average molecular weight is 302 g/mol. The Labute approximate surface area is 125 Å². The van der Waals surface area contributed by atoms with Crippen LogP contribution in [0.2, 0.25) is 0 Å². The smallest absolute Gasteiger partial charge is 0.312 e. The Hall–Kier alpha value is -1.07. The van der Waals surface area contributed by atoms with E-state index in [0.29, 0.717) is 6.54 Å². The van der Waals surface area contributed by atoms with E-state index in [9.17, 15) is 13.2 Å². The second-order valence-corrected chi connectivity index (χ2v) is 6.53. The molecule has 0 spiro atoms. The van der Waals surface area contributed by atoms with Crippen LogP contribution in [0.5, 0.6) is 0 Å². The zero-order chi connectivity index (χ0) is 16.3. The number of nitrogens with zero attached hydrogens (tertiary/aromatic N) is 1. The molecule has 2 nitrogen and oxygen atoms in total. The van der Waals surface area contributed by atoms with Crippen LogP contribution in [0.15, 0.2) is 24.3 Å². The Kier molecular flexibility index (Phi) is 5.82. The van der Waals surface area contributed by atoms with Crippen molar-refractivity contribution in [3.8, 4) is 0 Å². The molecule has 0 bridgehead atoms. The highest BCUT2D eigenvalue weighted by Gasteiger charge is 2.30. The van der Waals surface area contributed by atoms with Crippen molar-refractivity contribution < 1.29 is 13.2 Å². The van der Waals surface area contributed by atoms with E-state index in [0.717, 1.165) is 5.56 Å². The van der Waals surface area contributed by atoms with Gasteiger partial charge in [0.05, 0.1) is 6.54 Å². The highest BCUT2D eigenvalue weighted by Crippen LogP contribution is 2.24. The SMILES string of the molecule is CNC(CN(C)CC(F)(F)F)c1ccc(C(C)(C)C)cc1. The topological polar surface area (TPSA) is 15.3 Å². The largest absolute Gasteiger partial charge is 0.401 e. The fourth-order valence-electron chi connectivity index (χ4n) is 2.26. The summed E-state index contributed by atoms with van der Waals surface area (Å²) in [6, 6.07) is 7.95. The molecule has 0 aliphatic rings. The van der Waals surface area contributed by atoms with Crippen LogP contribution in [0.25, 0.3) is 0 Å². The van der Waals surface area contributed by atoms with Crippen molar-refractivity contribution in [3.63, 3.8) is 0 Å². The van der Waals surface area contributed by atoms with Crippen LogP contribution >= 0.6 is 0 Å². The van der Waals surface area contributed by atoms with E-state index in [1.54, 1.807) is 7.05 Å². The van der Waals surface area contributed by atoms with Gasteiger partial charge in [-0.05, 0) is 30.6 Å². The maximum absolute atomic E-state index is 12.4. The molecule has 1 rings (SSSR count). The maximum Gasteiger partial charge on any atom is 0.401 e. The van der Waals surface area contributed by atoms with Crippen molar-refractivity contribution in [3.05, 3.63) is 35.4 Å². The summed E-state index contributed by atoms with van der Waals surface area (Å²) in [6.07, 6.45) is -4.16. The molecule has 0 amide bonds. The predicted molar refractivity (Wildman–Crippen MR) is 80.5 cm³/mol. The third-order valence-corrected chi connectivity index (χ3v) is 3.47. The van der Waals surface area contributed by atoms with Crippen LogP contribution in [-0.2, 0) is 5.41 Å². The van der Waals surface area contributed by atoms with Crippen molar-refractivity contribution in [1.82, 2.24) is 10.2 Å². The van der Waals surface area contributed by atoms with E-state index in [1.807, 2.05) is 24.3 Å². The fraction of sp³-hybridized carbons (Fsp3) is 0.625. The van der Waals surface area contributed by atoms with E-state index in [-0.39, 0.29) is 11.5 Å². The summed E-state index contributed by atoms with van der Waals surface area (Å²) < 4.78 is 37.2. The molecular weight excluding hydrogens is 277 g/mol. The van der Waals surface area contributed by atoms with Crippen LogP contribution in [-0.4, -0.2) is 38.3 Å². The van der Waals surface area contributed by atoms with E-state index < -0.39 is 12.7 Å². The number of nitrogens with one attached hydrogen (secondary N) is 1. The average Bonchev–Trinajstić information content (AvgIpc) is 2.33. The van der Waals surface area contributed by atoms with Crippen LogP contribution in [0.1, 0.15) is 37.9 Å². The zero-order valence-electron chi connectivity index (χ0n) is 13.4. The Bertz CT molecular complexity index is 432. The van der Waals surface area contributed by atoms with Gasteiger partial charge in [0, 0.05) is 12.6 Å². The third-order valence-electron chi connectivity index (χ3n) is 3.47. The van der Waals surface area contributed by atoms with Gasteiger partial charge in [-0.15, -0.1) is 0 Å². The molecule has 1 unspecified atom stereocenters. The summed E-state index contributed by atoms with van der Waals surface area (Å²) in [6.45, 7) is 5.81. The van der Waals surface area contributed by atoms with E-state index >= 15 is 0 Å². The quantitative estimate of drug-likeness (QED) is 0.891. The van der Waals surface area contributed by atoms with Crippen molar-refractivity contribution in [2.45, 2.75) is 38.4 Å². The van der Waals surface area contributed by atoms with Crippen molar-refractivity contribution in [2.75, 3.05) is 27.2 Å². The first-order chi connectivity index (χ1) is 9.53. The zero-order valence-corrected chi connectivity index (χ0v) is 13.4. The van der Waals surface area contributed by atoms with Gasteiger partial charge in [-0.1, -0.05) is 45.0 Å². The minimum absolute atomic E-state index is 0.0702. The summed E-state index contributed by atoms with van der Waals surface area (Å²) in [7, 11) is 3.26. The molecule has 1 aromatic carbocycles. The minimum Gasteiger partial charge on any atom is -0.312 e. The normalized spacial score (nSPS) is 14.5. The Morgan fingerprint density at radius 3 is 2.00 bits per heavy atom. The second-order valence-electron chi connectivity index (χ2n) is 6.53. The van der Waals surface area contributed by atoms with Gasteiger partial charge in [0.15, 0.2) is 0 Å². The Balaban J connectivity index is 2.76. The standard InChI is InChI=1S/C16H25F3N2/c1-15(2,3)13-8-6-12(7-9-13)14(20-4)10-21(5)11-16(17,18)19/h6-9,14,20H,10-11H2,1-5H3. The van der Waals surface area contributed by atoms with Gasteiger partial charge >= 0.3 is 6.18 Å². The lowest BCUT2D eigenvalue weighted by Crippen LogP contribution is -2.37. The van der Waals surface area contributed by atoms with Gasteiger partial charge in [0.1, 0.15) is 0 Å². The summed E-state index contributed by atoms with van der Waals surface area (Å²) >= 11 is 0. The molecule has 0 aliphatic carbocycles. The van der Waals surface area contributed by atoms with E-state index in [4.69, 9.17) is 0 Å². The molecule has 0 fully saturated rings. The molecule has 5 heteroatoms. The summed E-state index contributed by atoms with van der Waals surface area (Å²) in [4.78, 5) is 1.29. The van der Waals surface area contributed by atoms with Crippen LogP contribution < -0.4 is 5.32 Å². The van der Waals surface area contributed by atoms with Crippen LogP contribution in [0.4, 0.5) is 13.2 Å². The molecule has 1 aromatic rings. The number of hydrogen-bond donors (Lipinski definition) is 1. The first-order valence-corrected chi connectivity index (χ1v) is 7.06. The second kappa shape index (κ2) is 6.79. The number of hydrogen-bond acceptors (Lipinski definition) is 2. The number of alkyl halides is 3. The summed E-state index contributed by atoms with van der Waals surface area (Å²) in [5.41, 5.74) is 2.28. The van der Waals surface area contributed by atoms with Crippen LogP contribution in [0, 0.1) is 0 Å². The van der Waals surface area contributed by atoms with Crippen LogP contribution in [0.3, 0.4) is 0 Å². The molecular formula is C16H25F3N2. The number of halogens is 3. The molecule has 0 saturated heterocycles. The summed E-state index contributed by atoms with van der Waals surface area (Å²) in [5.74, 6) is 0. The highest BCUT2D eigenvalue weighted by molar-refractivity contribution is 5.29. The Morgan fingerprint density at radius 1 is 1.10 bits per heavy atom. The molecule has 0 saturated carbocycles. The summed E-state index contributed by atoms with van der Waals surface area (Å²) in [5, 5.41) is 3.08. The molecule has 0 heterocycles. The molecule has 21 heavy (non-hydrogen) atoms. The Morgan fingerprint density at radius 2 is 1.62 bits per heavy atom. The van der Waals surface area contributed by atoms with Gasteiger partial charge in [0.25, 0.3) is 0 Å². The van der Waals surface area contributed by atoms with Crippen molar-refractivity contribution >= 4 is 0 Å². The molecule has 0 radical (unpaired) electrons. The minimum atomic E-state index is -4.16.